The van der Waals surface area contributed by atoms with Crippen LogP contribution in [0, 0.1) is 5.92 Å². The fraction of sp³-hybridized carbons (Fsp3) is 0.591. The maximum Gasteiger partial charge on any atom is 0.247 e. The van der Waals surface area contributed by atoms with Gasteiger partial charge in [0.1, 0.15) is 16.7 Å². The number of carbonyl (C=O) groups is 1. The van der Waals surface area contributed by atoms with Crippen molar-refractivity contribution in [3.8, 4) is 5.75 Å². The Bertz CT molecular complexity index is 900. The molecule has 3 atom stereocenters. The number of aliphatic hydroxyl groups excluding tert-OH is 1. The number of benzene rings is 1. The molecule has 0 spiro atoms. The van der Waals surface area contributed by atoms with Crippen LogP contribution in [0.1, 0.15) is 26.3 Å². The van der Waals surface area contributed by atoms with E-state index in [2.05, 4.69) is 0 Å². The molecule has 31 heavy (non-hydrogen) atoms. The number of sulfonamides is 1. The largest absolute Gasteiger partial charge is 0.487 e. The van der Waals surface area contributed by atoms with Gasteiger partial charge in [-0.05, 0) is 45.6 Å². The molecule has 1 N–H and O–H groups in total. The van der Waals surface area contributed by atoms with Crippen molar-refractivity contribution in [3.63, 3.8) is 0 Å². The lowest BCUT2D eigenvalue weighted by molar-refractivity contribution is -0.132. The second kappa shape index (κ2) is 10.6. The van der Waals surface area contributed by atoms with Crippen LogP contribution >= 0.6 is 0 Å². The SMILES string of the molecule is C/C=C/c1ccc2c(c1)O[C@H](CN(C)C(=O)CN(C)C)[C@@H](C)CN([C@H](C)CO)S2(=O)=O. The molecule has 1 aromatic rings. The Kier molecular flexibility index (Phi) is 8.65. The van der Waals surface area contributed by atoms with Crippen LogP contribution in [0.25, 0.3) is 6.08 Å². The van der Waals surface area contributed by atoms with Crippen molar-refractivity contribution in [2.45, 2.75) is 37.8 Å². The van der Waals surface area contributed by atoms with E-state index in [1.165, 1.54) is 4.31 Å². The maximum absolute atomic E-state index is 13.4. The van der Waals surface area contributed by atoms with Crippen LogP contribution in [0.15, 0.2) is 29.2 Å². The van der Waals surface area contributed by atoms with E-state index in [1.54, 1.807) is 42.0 Å². The number of rotatable bonds is 7. The second-order valence-electron chi connectivity index (χ2n) is 8.46. The minimum absolute atomic E-state index is 0.0426. The first-order chi connectivity index (χ1) is 14.5. The molecule has 174 valence electrons. The summed E-state index contributed by atoms with van der Waals surface area (Å²) in [6.07, 6.45) is 3.32. The van der Waals surface area contributed by atoms with Crippen molar-refractivity contribution in [3.05, 3.63) is 29.8 Å². The van der Waals surface area contributed by atoms with Crippen molar-refractivity contribution >= 4 is 22.0 Å². The highest BCUT2D eigenvalue weighted by Gasteiger charge is 2.38. The minimum Gasteiger partial charge on any atom is -0.487 e. The van der Waals surface area contributed by atoms with Crippen LogP contribution in [0.2, 0.25) is 0 Å². The zero-order valence-corrected chi connectivity index (χ0v) is 20.1. The molecule has 1 aromatic carbocycles. The molecule has 0 radical (unpaired) electrons. The molecule has 0 saturated heterocycles. The van der Waals surface area contributed by atoms with Crippen LogP contribution in [0.4, 0.5) is 0 Å². The smallest absolute Gasteiger partial charge is 0.247 e. The summed E-state index contributed by atoms with van der Waals surface area (Å²) >= 11 is 0. The highest BCUT2D eigenvalue weighted by molar-refractivity contribution is 7.89. The molecule has 1 amide bonds. The standard InChI is InChI=1S/C22H35N3O5S/c1-7-8-18-9-10-21-19(11-18)30-20(13-24(6)22(27)14-23(4)5)16(2)12-25(17(3)15-26)31(21,28)29/h7-11,16-17,20,26H,12-15H2,1-6H3/b8-7+/t16-,17+,20+/m0/s1. The van der Waals surface area contributed by atoms with E-state index in [0.717, 1.165) is 5.56 Å². The Hall–Kier alpha value is -1.94. The first kappa shape index (κ1) is 25.3. The highest BCUT2D eigenvalue weighted by Crippen LogP contribution is 2.34. The molecule has 1 heterocycles. The summed E-state index contributed by atoms with van der Waals surface area (Å²) in [5, 5.41) is 9.69. The van der Waals surface area contributed by atoms with E-state index < -0.39 is 22.2 Å². The van der Waals surface area contributed by atoms with Crippen molar-refractivity contribution in [1.29, 1.82) is 0 Å². The average Bonchev–Trinajstić information content (AvgIpc) is 2.69. The van der Waals surface area contributed by atoms with E-state index in [4.69, 9.17) is 4.74 Å². The van der Waals surface area contributed by atoms with Crippen molar-refractivity contribution in [1.82, 2.24) is 14.1 Å². The van der Waals surface area contributed by atoms with E-state index in [9.17, 15) is 18.3 Å². The summed E-state index contributed by atoms with van der Waals surface area (Å²) in [6.45, 7) is 5.97. The van der Waals surface area contributed by atoms with Gasteiger partial charge in [0.05, 0.1) is 19.7 Å². The van der Waals surface area contributed by atoms with Gasteiger partial charge in [-0.25, -0.2) is 8.42 Å². The molecule has 0 bridgehead atoms. The first-order valence-electron chi connectivity index (χ1n) is 10.5. The predicted molar refractivity (Wildman–Crippen MR) is 121 cm³/mol. The van der Waals surface area contributed by atoms with Gasteiger partial charge in [0.15, 0.2) is 0 Å². The van der Waals surface area contributed by atoms with Crippen molar-refractivity contribution in [2.75, 3.05) is 47.4 Å². The van der Waals surface area contributed by atoms with Gasteiger partial charge in [-0.1, -0.05) is 25.1 Å². The van der Waals surface area contributed by atoms with Crippen molar-refractivity contribution < 1.29 is 23.1 Å². The monoisotopic (exact) mass is 453 g/mol. The second-order valence-corrected chi connectivity index (χ2v) is 10.3. The number of likely N-dealkylation sites (N-methyl/N-ethyl adjacent to an activating group) is 2. The van der Waals surface area contributed by atoms with Gasteiger partial charge in [-0.2, -0.15) is 4.31 Å². The summed E-state index contributed by atoms with van der Waals surface area (Å²) in [6, 6.07) is 4.41. The van der Waals surface area contributed by atoms with Gasteiger partial charge in [-0.15, -0.1) is 0 Å². The number of fused-ring (bicyclic) bond motifs is 1. The summed E-state index contributed by atoms with van der Waals surface area (Å²) in [7, 11) is 1.52. The van der Waals surface area contributed by atoms with Gasteiger partial charge in [0.2, 0.25) is 15.9 Å². The molecule has 0 aliphatic carbocycles. The maximum atomic E-state index is 13.4. The molecule has 0 fully saturated rings. The van der Waals surface area contributed by atoms with Gasteiger partial charge in [0, 0.05) is 25.6 Å². The number of nitrogens with zero attached hydrogens (tertiary/aromatic N) is 3. The minimum atomic E-state index is -3.87. The summed E-state index contributed by atoms with van der Waals surface area (Å²) in [5.41, 5.74) is 0.822. The molecule has 0 unspecified atom stereocenters. The van der Waals surface area contributed by atoms with E-state index in [0.29, 0.717) is 6.54 Å². The lowest BCUT2D eigenvalue weighted by atomic mass is 10.0. The topological polar surface area (TPSA) is 90.4 Å². The molecule has 2 rings (SSSR count). The predicted octanol–water partition coefficient (Wildman–Crippen LogP) is 1.51. The fourth-order valence-corrected chi connectivity index (χ4v) is 5.34. The zero-order valence-electron chi connectivity index (χ0n) is 19.3. The van der Waals surface area contributed by atoms with Gasteiger partial charge in [-0.3, -0.25) is 4.79 Å². The molecule has 1 aliphatic rings. The van der Waals surface area contributed by atoms with Crippen molar-refractivity contribution in [2.24, 2.45) is 5.92 Å². The molecule has 1 aliphatic heterocycles. The Labute approximate surface area is 186 Å². The lowest BCUT2D eigenvalue weighted by Crippen LogP contribution is -2.50. The number of aliphatic hydroxyl groups is 1. The number of hydrogen-bond acceptors (Lipinski definition) is 6. The van der Waals surface area contributed by atoms with E-state index in [1.807, 2.05) is 40.1 Å². The van der Waals surface area contributed by atoms with Crippen LogP contribution in [-0.4, -0.2) is 93.1 Å². The molecule has 0 saturated carbocycles. The third-order valence-electron chi connectivity index (χ3n) is 5.38. The van der Waals surface area contributed by atoms with Gasteiger partial charge < -0.3 is 19.6 Å². The van der Waals surface area contributed by atoms with Crippen LogP contribution < -0.4 is 4.74 Å². The number of hydrogen-bond donors (Lipinski definition) is 1. The number of carbonyl (C=O) groups excluding carboxylic acids is 1. The molecule has 9 heteroatoms. The third kappa shape index (κ3) is 6.06. The normalized spacial score (nSPS) is 22.5. The quantitative estimate of drug-likeness (QED) is 0.673. The summed E-state index contributed by atoms with van der Waals surface area (Å²) in [4.78, 5) is 16.0. The number of ether oxygens (including phenoxy) is 1. The Morgan fingerprint density at radius 1 is 1.35 bits per heavy atom. The van der Waals surface area contributed by atoms with Crippen LogP contribution in [0.3, 0.4) is 0 Å². The average molecular weight is 454 g/mol. The lowest BCUT2D eigenvalue weighted by Gasteiger charge is -2.37. The zero-order chi connectivity index (χ0) is 23.3. The third-order valence-corrected chi connectivity index (χ3v) is 7.40. The van der Waals surface area contributed by atoms with Crippen LogP contribution in [-0.2, 0) is 14.8 Å². The van der Waals surface area contributed by atoms with Gasteiger partial charge in [0.25, 0.3) is 0 Å². The summed E-state index contributed by atoms with van der Waals surface area (Å²) in [5.74, 6) is 0.00612. The Balaban J connectivity index is 2.50. The van der Waals surface area contributed by atoms with Gasteiger partial charge >= 0.3 is 0 Å². The van der Waals surface area contributed by atoms with E-state index in [-0.39, 0.29) is 42.2 Å². The molecule has 0 aromatic heterocycles. The highest BCUT2D eigenvalue weighted by atomic mass is 32.2. The Morgan fingerprint density at radius 2 is 2.03 bits per heavy atom. The molecular formula is C22H35N3O5S. The number of amides is 1. The number of allylic oxidation sites excluding steroid dienone is 1. The first-order valence-corrected chi connectivity index (χ1v) is 11.9. The molecule has 8 nitrogen and oxygen atoms in total. The Morgan fingerprint density at radius 3 is 2.61 bits per heavy atom. The fourth-order valence-electron chi connectivity index (χ4n) is 3.52. The summed E-state index contributed by atoms with van der Waals surface area (Å²) < 4.78 is 34.4. The van der Waals surface area contributed by atoms with E-state index >= 15 is 0 Å². The van der Waals surface area contributed by atoms with Crippen LogP contribution in [0.5, 0.6) is 5.75 Å². The molecular weight excluding hydrogens is 418 g/mol.